The van der Waals surface area contributed by atoms with Gasteiger partial charge in [-0.3, -0.25) is 23.8 Å². The first-order valence-corrected chi connectivity index (χ1v) is 14.9. The number of hydrogen-bond acceptors (Lipinski definition) is 10. The van der Waals surface area contributed by atoms with E-state index in [0.717, 1.165) is 10.5 Å². The summed E-state index contributed by atoms with van der Waals surface area (Å²) in [7, 11) is -4.09. The Hall–Kier alpha value is -3.99. The largest absolute Gasteiger partial charge is 0.461 e. The molecular weight excluding hydrogens is 567 g/mol. The Morgan fingerprint density at radius 1 is 1.21 bits per heavy atom. The summed E-state index contributed by atoms with van der Waals surface area (Å²) < 4.78 is 36.8. The highest BCUT2D eigenvalue weighted by molar-refractivity contribution is 7.54. The lowest BCUT2D eigenvalue weighted by Gasteiger charge is -2.35. The number of rotatable bonds is 12. The van der Waals surface area contributed by atoms with Gasteiger partial charge in [-0.1, -0.05) is 60.6 Å². The van der Waals surface area contributed by atoms with Crippen LogP contribution in [0.2, 0.25) is 0 Å². The molecule has 0 spiro atoms. The standard InChI is InChI=1S/C28H31N4O9P/c1-19(26(36)38-16-20-9-5-3-6-10-20)18-42(37,41-22-11-7-4-8-12-22)39-17-23-25(35)28(2,30-31-29)27(40-23)32-14-13-21(33)15-24(32)34/h3-14,19,23,25,27,35H,15-18H2,1-2H3/t19-,23-,25-,27-,28-,42?/m1/s1. The van der Waals surface area contributed by atoms with Crippen LogP contribution >= 0.6 is 7.60 Å². The molecule has 14 heteroatoms. The molecule has 222 valence electrons. The molecule has 2 aromatic rings. The van der Waals surface area contributed by atoms with Gasteiger partial charge in [-0.15, -0.1) is 0 Å². The third-order valence-electron chi connectivity index (χ3n) is 6.85. The molecule has 2 aromatic carbocycles. The summed E-state index contributed by atoms with van der Waals surface area (Å²) in [5.41, 5.74) is 8.30. The van der Waals surface area contributed by atoms with Crippen molar-refractivity contribution in [2.75, 3.05) is 12.8 Å². The van der Waals surface area contributed by atoms with E-state index in [1.807, 2.05) is 18.2 Å². The SMILES string of the molecule is C[C@H](CP(=O)(OC[C@H]1O[C@@H](N2C=CC(=O)CC2=O)[C@](C)(N=[N+]=[N-])[C@@H]1O)Oc1ccccc1)C(=O)OCc1ccccc1. The predicted molar refractivity (Wildman–Crippen MR) is 149 cm³/mol. The van der Waals surface area contributed by atoms with Gasteiger partial charge in [0, 0.05) is 11.1 Å². The summed E-state index contributed by atoms with van der Waals surface area (Å²) in [6.45, 7) is 2.45. The van der Waals surface area contributed by atoms with Crippen LogP contribution in [-0.4, -0.2) is 64.4 Å². The van der Waals surface area contributed by atoms with E-state index < -0.39 is 68.2 Å². The van der Waals surface area contributed by atoms with Gasteiger partial charge in [0.2, 0.25) is 5.91 Å². The summed E-state index contributed by atoms with van der Waals surface area (Å²) in [5, 5.41) is 14.8. The quantitative estimate of drug-likeness (QED) is 0.0940. The Balaban J connectivity index is 1.50. The molecule has 42 heavy (non-hydrogen) atoms. The lowest BCUT2D eigenvalue weighted by Crippen LogP contribution is -2.52. The van der Waals surface area contributed by atoms with Crippen molar-refractivity contribution in [3.8, 4) is 5.75 Å². The molecule has 0 aliphatic carbocycles. The monoisotopic (exact) mass is 598 g/mol. The molecule has 0 saturated carbocycles. The first-order valence-electron chi connectivity index (χ1n) is 13.2. The van der Waals surface area contributed by atoms with E-state index in [9.17, 15) is 29.6 Å². The Morgan fingerprint density at radius 2 is 1.88 bits per heavy atom. The van der Waals surface area contributed by atoms with Crippen molar-refractivity contribution < 1.29 is 42.6 Å². The molecule has 0 aromatic heterocycles. The van der Waals surface area contributed by atoms with Crippen molar-refractivity contribution in [1.29, 1.82) is 0 Å². The van der Waals surface area contributed by atoms with E-state index >= 15 is 0 Å². The molecule has 1 saturated heterocycles. The number of nitrogens with zero attached hydrogens (tertiary/aromatic N) is 4. The zero-order chi connectivity index (χ0) is 30.3. The van der Waals surface area contributed by atoms with E-state index in [2.05, 4.69) is 10.0 Å². The van der Waals surface area contributed by atoms with Crippen molar-refractivity contribution in [3.63, 3.8) is 0 Å². The summed E-state index contributed by atoms with van der Waals surface area (Å²) in [4.78, 5) is 40.9. The fraction of sp³-hybridized carbons (Fsp3) is 0.393. The molecule has 1 fully saturated rings. The number of azide groups is 1. The van der Waals surface area contributed by atoms with E-state index in [0.29, 0.717) is 0 Å². The van der Waals surface area contributed by atoms with Gasteiger partial charge in [-0.2, -0.15) is 0 Å². The molecule has 6 atom stereocenters. The molecular formula is C28H31N4O9P. The van der Waals surface area contributed by atoms with Gasteiger partial charge >= 0.3 is 13.6 Å². The van der Waals surface area contributed by atoms with Crippen LogP contribution in [0.25, 0.3) is 10.4 Å². The number of ether oxygens (including phenoxy) is 2. The number of aliphatic hydroxyl groups is 1. The van der Waals surface area contributed by atoms with Gasteiger partial charge in [0.05, 0.1) is 31.2 Å². The molecule has 2 aliphatic heterocycles. The average molecular weight is 599 g/mol. The van der Waals surface area contributed by atoms with Crippen molar-refractivity contribution in [1.82, 2.24) is 4.90 Å². The second-order valence-corrected chi connectivity index (χ2v) is 12.2. The number of esters is 1. The first kappa shape index (κ1) is 31.0. The van der Waals surface area contributed by atoms with Crippen LogP contribution in [0.1, 0.15) is 25.8 Å². The van der Waals surface area contributed by atoms with Crippen LogP contribution in [0.5, 0.6) is 5.75 Å². The highest BCUT2D eigenvalue weighted by Gasteiger charge is 2.56. The third-order valence-corrected chi connectivity index (χ3v) is 8.88. The van der Waals surface area contributed by atoms with Gasteiger partial charge in [-0.05, 0) is 36.2 Å². The minimum atomic E-state index is -4.09. The minimum Gasteiger partial charge on any atom is -0.461 e. The highest BCUT2D eigenvalue weighted by Crippen LogP contribution is 2.51. The number of ketones is 1. The zero-order valence-corrected chi connectivity index (χ0v) is 23.9. The summed E-state index contributed by atoms with van der Waals surface area (Å²) >= 11 is 0. The first-order chi connectivity index (χ1) is 20.0. The number of carbonyl (C=O) groups is 3. The maximum atomic E-state index is 14.0. The van der Waals surface area contributed by atoms with Gasteiger partial charge in [0.15, 0.2) is 12.0 Å². The maximum absolute atomic E-state index is 14.0. The van der Waals surface area contributed by atoms with Crippen LogP contribution in [0, 0.1) is 5.92 Å². The maximum Gasteiger partial charge on any atom is 0.380 e. The smallest absolute Gasteiger partial charge is 0.380 e. The molecule has 13 nitrogen and oxygen atoms in total. The number of allylic oxidation sites excluding steroid dienone is 1. The fourth-order valence-corrected chi connectivity index (χ4v) is 6.43. The molecule has 0 radical (unpaired) electrons. The van der Waals surface area contributed by atoms with Gasteiger partial charge in [0.1, 0.15) is 24.0 Å². The van der Waals surface area contributed by atoms with Gasteiger partial charge in [0.25, 0.3) is 0 Å². The topological polar surface area (TPSA) is 177 Å². The lowest BCUT2D eigenvalue weighted by atomic mass is 9.92. The Kier molecular flexibility index (Phi) is 9.82. The normalized spacial score (nSPS) is 25.8. The summed E-state index contributed by atoms with van der Waals surface area (Å²) in [5.74, 6) is -2.30. The average Bonchev–Trinajstić information content (AvgIpc) is 3.21. The van der Waals surface area contributed by atoms with Gasteiger partial charge < -0.3 is 19.1 Å². The third kappa shape index (κ3) is 7.25. The van der Waals surface area contributed by atoms with E-state index in [-0.39, 0.29) is 18.5 Å². The lowest BCUT2D eigenvalue weighted by molar-refractivity contribution is -0.148. The molecule has 2 heterocycles. The number of amides is 1. The van der Waals surface area contributed by atoms with E-state index in [4.69, 9.17) is 18.5 Å². The fourth-order valence-electron chi connectivity index (χ4n) is 4.56. The minimum absolute atomic E-state index is 0.0332. The molecule has 0 bridgehead atoms. The summed E-state index contributed by atoms with van der Waals surface area (Å²) in [6.07, 6.45) is -2.41. The van der Waals surface area contributed by atoms with Crippen LogP contribution in [-0.2, 0) is 39.6 Å². The van der Waals surface area contributed by atoms with Crippen LogP contribution < -0.4 is 4.52 Å². The van der Waals surface area contributed by atoms with E-state index in [1.165, 1.54) is 26.1 Å². The molecule has 1 N–H and O–H groups in total. The van der Waals surface area contributed by atoms with Crippen molar-refractivity contribution in [2.24, 2.45) is 11.0 Å². The van der Waals surface area contributed by atoms with Crippen LogP contribution in [0.4, 0.5) is 0 Å². The number of aliphatic hydroxyl groups excluding tert-OH is 1. The summed E-state index contributed by atoms with van der Waals surface area (Å²) in [6, 6.07) is 17.3. The number of hydrogen-bond donors (Lipinski definition) is 1. The number of para-hydroxylation sites is 1. The molecule has 1 unspecified atom stereocenters. The Bertz CT molecular complexity index is 1420. The van der Waals surface area contributed by atoms with Gasteiger partial charge in [-0.25, -0.2) is 4.57 Å². The zero-order valence-electron chi connectivity index (χ0n) is 23.0. The predicted octanol–water partition coefficient (Wildman–Crippen LogP) is 4.12. The Morgan fingerprint density at radius 3 is 2.52 bits per heavy atom. The molecule has 2 aliphatic rings. The highest BCUT2D eigenvalue weighted by atomic mass is 31.2. The van der Waals surface area contributed by atoms with E-state index in [1.54, 1.807) is 42.5 Å². The molecule has 4 rings (SSSR count). The van der Waals surface area contributed by atoms with Crippen molar-refractivity contribution in [3.05, 3.63) is 88.9 Å². The second-order valence-electron chi connectivity index (χ2n) is 10.1. The molecule has 1 amide bonds. The number of carbonyl (C=O) groups excluding carboxylic acids is 3. The second kappa shape index (κ2) is 13.3. The van der Waals surface area contributed by atoms with Crippen molar-refractivity contribution in [2.45, 2.75) is 50.8 Å². The van der Waals surface area contributed by atoms with Crippen LogP contribution in [0.15, 0.2) is 78.1 Å². The Labute approximate surface area is 242 Å². The van der Waals surface area contributed by atoms with Crippen LogP contribution in [0.3, 0.4) is 0 Å². The number of benzene rings is 2. The van der Waals surface area contributed by atoms with Crippen molar-refractivity contribution >= 4 is 25.3 Å².